The van der Waals surface area contributed by atoms with Crippen molar-refractivity contribution in [3.05, 3.63) is 24.0 Å². The van der Waals surface area contributed by atoms with Crippen molar-refractivity contribution in [1.29, 1.82) is 0 Å². The van der Waals surface area contributed by atoms with Crippen LogP contribution in [0.3, 0.4) is 0 Å². The van der Waals surface area contributed by atoms with E-state index in [2.05, 4.69) is 37.6 Å². The quantitative estimate of drug-likeness (QED) is 0.598. The summed E-state index contributed by atoms with van der Waals surface area (Å²) in [7, 11) is 0. The Morgan fingerprint density at radius 1 is 1.33 bits per heavy atom. The molecule has 1 rings (SSSR count). The molecule has 0 saturated heterocycles. The molecule has 0 fully saturated rings. The van der Waals surface area contributed by atoms with Gasteiger partial charge in [0.25, 0.3) is 0 Å². The summed E-state index contributed by atoms with van der Waals surface area (Å²) in [5.74, 6) is 8.07. The third-order valence-electron chi connectivity index (χ3n) is 2.42. The van der Waals surface area contributed by atoms with Crippen LogP contribution in [0.4, 0.5) is 0 Å². The summed E-state index contributed by atoms with van der Waals surface area (Å²) in [6.07, 6.45) is 4.59. The summed E-state index contributed by atoms with van der Waals surface area (Å²) in [6.45, 7) is 7.36. The zero-order valence-corrected chi connectivity index (χ0v) is 12.0. The molecule has 1 aromatic heterocycles. The molecule has 0 bridgehead atoms. The van der Waals surface area contributed by atoms with Crippen LogP contribution in [0.5, 0.6) is 5.75 Å². The largest absolute Gasteiger partial charge is 0.492 e. The van der Waals surface area contributed by atoms with Crippen LogP contribution >= 0.6 is 11.6 Å². The minimum Gasteiger partial charge on any atom is -0.492 e. The van der Waals surface area contributed by atoms with Crippen LogP contribution in [0.15, 0.2) is 18.5 Å². The predicted molar refractivity (Wildman–Crippen MR) is 75.9 cm³/mol. The summed E-state index contributed by atoms with van der Waals surface area (Å²) < 4.78 is 5.73. The van der Waals surface area contributed by atoms with E-state index in [-0.39, 0.29) is 0 Å². The Morgan fingerprint density at radius 2 is 2.11 bits per heavy atom. The predicted octanol–water partition coefficient (Wildman–Crippen LogP) is 3.73. The number of nitrogens with zero attached hydrogens (tertiary/aromatic N) is 1. The standard InChI is InChI=1S/C15H20ClNO/c1-12(2)7-13(3)11-18-15-8-14(5-4-6-16)9-17-10-15/h8-10,12-13H,6-7,11H2,1-3H3. The number of hydrogen-bond acceptors (Lipinski definition) is 2. The highest BCUT2D eigenvalue weighted by Crippen LogP contribution is 2.15. The monoisotopic (exact) mass is 265 g/mol. The number of ether oxygens (including phenoxy) is 1. The first-order valence-corrected chi connectivity index (χ1v) is 6.78. The third-order valence-corrected chi connectivity index (χ3v) is 2.55. The molecule has 1 unspecified atom stereocenters. The lowest BCUT2D eigenvalue weighted by Gasteiger charge is -2.14. The van der Waals surface area contributed by atoms with Gasteiger partial charge in [-0.15, -0.1) is 11.6 Å². The summed E-state index contributed by atoms with van der Waals surface area (Å²) in [4.78, 5) is 4.11. The molecule has 0 aliphatic heterocycles. The van der Waals surface area contributed by atoms with Crippen molar-refractivity contribution in [3.63, 3.8) is 0 Å². The van der Waals surface area contributed by atoms with Crippen molar-refractivity contribution >= 4 is 11.6 Å². The van der Waals surface area contributed by atoms with Gasteiger partial charge in [0.05, 0.1) is 18.7 Å². The van der Waals surface area contributed by atoms with Crippen molar-refractivity contribution in [2.45, 2.75) is 27.2 Å². The van der Waals surface area contributed by atoms with E-state index in [0.717, 1.165) is 11.3 Å². The van der Waals surface area contributed by atoms with E-state index >= 15 is 0 Å². The van der Waals surface area contributed by atoms with Crippen LogP contribution in [0, 0.1) is 23.7 Å². The smallest absolute Gasteiger partial charge is 0.138 e. The van der Waals surface area contributed by atoms with Crippen molar-refractivity contribution in [3.8, 4) is 17.6 Å². The van der Waals surface area contributed by atoms with E-state index < -0.39 is 0 Å². The van der Waals surface area contributed by atoms with Crippen molar-refractivity contribution in [2.24, 2.45) is 11.8 Å². The molecule has 18 heavy (non-hydrogen) atoms. The van der Waals surface area contributed by atoms with Gasteiger partial charge in [0, 0.05) is 11.8 Å². The molecule has 2 nitrogen and oxygen atoms in total. The van der Waals surface area contributed by atoms with Gasteiger partial charge in [0.1, 0.15) is 5.75 Å². The van der Waals surface area contributed by atoms with E-state index in [1.54, 1.807) is 12.4 Å². The van der Waals surface area contributed by atoms with Gasteiger partial charge >= 0.3 is 0 Å². The maximum absolute atomic E-state index is 5.73. The Balaban J connectivity index is 2.52. The topological polar surface area (TPSA) is 22.1 Å². The van der Waals surface area contributed by atoms with Crippen molar-refractivity contribution in [2.75, 3.05) is 12.5 Å². The van der Waals surface area contributed by atoms with Gasteiger partial charge in [-0.3, -0.25) is 4.98 Å². The third kappa shape index (κ3) is 5.93. The normalized spacial score (nSPS) is 11.8. The Hall–Kier alpha value is -1.20. The van der Waals surface area contributed by atoms with Crippen LogP contribution in [0.25, 0.3) is 0 Å². The number of halogens is 1. The molecule has 0 aliphatic rings. The molecule has 3 heteroatoms. The lowest BCUT2D eigenvalue weighted by molar-refractivity contribution is 0.238. The number of hydrogen-bond donors (Lipinski definition) is 0. The van der Waals surface area contributed by atoms with Gasteiger partial charge < -0.3 is 4.74 Å². The molecule has 0 spiro atoms. The molecule has 0 radical (unpaired) electrons. The molecule has 0 aliphatic carbocycles. The van der Waals surface area contributed by atoms with Crippen LogP contribution in [-0.4, -0.2) is 17.5 Å². The Kier molecular flexibility index (Phi) is 6.60. The molecule has 0 aromatic carbocycles. The molecule has 1 aromatic rings. The first-order chi connectivity index (χ1) is 8.61. The SMILES string of the molecule is CC(C)CC(C)COc1cncc(C#CCCl)c1. The van der Waals surface area contributed by atoms with Crippen molar-refractivity contribution < 1.29 is 4.74 Å². The van der Waals surface area contributed by atoms with Gasteiger partial charge in [0.15, 0.2) is 0 Å². The van der Waals surface area contributed by atoms with E-state index in [4.69, 9.17) is 16.3 Å². The summed E-state index contributed by atoms with van der Waals surface area (Å²) in [5.41, 5.74) is 0.838. The lowest BCUT2D eigenvalue weighted by atomic mass is 10.00. The fraction of sp³-hybridized carbons (Fsp3) is 0.533. The minimum atomic E-state index is 0.330. The fourth-order valence-electron chi connectivity index (χ4n) is 1.81. The average Bonchev–Trinajstić information content (AvgIpc) is 2.33. The Morgan fingerprint density at radius 3 is 2.78 bits per heavy atom. The van der Waals surface area contributed by atoms with Gasteiger partial charge in [-0.25, -0.2) is 0 Å². The zero-order valence-electron chi connectivity index (χ0n) is 11.2. The summed E-state index contributed by atoms with van der Waals surface area (Å²) in [5, 5.41) is 0. The lowest BCUT2D eigenvalue weighted by Crippen LogP contribution is -2.11. The van der Waals surface area contributed by atoms with Gasteiger partial charge in [-0.05, 0) is 24.3 Å². The second-order valence-electron chi connectivity index (χ2n) is 4.89. The van der Waals surface area contributed by atoms with E-state index in [0.29, 0.717) is 24.3 Å². The van der Waals surface area contributed by atoms with Crippen LogP contribution in [0.1, 0.15) is 32.8 Å². The summed E-state index contributed by atoms with van der Waals surface area (Å²) in [6, 6.07) is 1.90. The number of pyridine rings is 1. The highest BCUT2D eigenvalue weighted by molar-refractivity contribution is 6.19. The summed E-state index contributed by atoms with van der Waals surface area (Å²) >= 11 is 5.52. The van der Waals surface area contributed by atoms with Crippen LogP contribution < -0.4 is 4.74 Å². The van der Waals surface area contributed by atoms with Gasteiger partial charge in [-0.1, -0.05) is 32.6 Å². The second kappa shape index (κ2) is 8.00. The molecule has 0 amide bonds. The highest BCUT2D eigenvalue weighted by Gasteiger charge is 2.06. The van der Waals surface area contributed by atoms with Crippen LogP contribution in [0.2, 0.25) is 0 Å². The number of alkyl halides is 1. The second-order valence-corrected chi connectivity index (χ2v) is 5.16. The minimum absolute atomic E-state index is 0.330. The molecule has 98 valence electrons. The molecule has 1 heterocycles. The molecular formula is C15H20ClNO. The highest BCUT2D eigenvalue weighted by atomic mass is 35.5. The van der Waals surface area contributed by atoms with Gasteiger partial charge in [0.2, 0.25) is 0 Å². The fourth-order valence-corrected chi connectivity index (χ4v) is 1.88. The van der Waals surface area contributed by atoms with Gasteiger partial charge in [-0.2, -0.15) is 0 Å². The Labute approximate surface area is 115 Å². The number of rotatable bonds is 5. The first kappa shape index (κ1) is 14.9. The zero-order chi connectivity index (χ0) is 13.4. The number of aromatic nitrogens is 1. The Bertz CT molecular complexity index is 420. The van der Waals surface area contributed by atoms with E-state index in [9.17, 15) is 0 Å². The van der Waals surface area contributed by atoms with Crippen LogP contribution in [-0.2, 0) is 0 Å². The average molecular weight is 266 g/mol. The first-order valence-electron chi connectivity index (χ1n) is 6.24. The molecule has 0 saturated carbocycles. The van der Waals surface area contributed by atoms with E-state index in [1.807, 2.05) is 6.07 Å². The maximum atomic E-state index is 5.73. The maximum Gasteiger partial charge on any atom is 0.138 e. The van der Waals surface area contributed by atoms with E-state index in [1.165, 1.54) is 6.42 Å². The molecular weight excluding hydrogens is 246 g/mol. The molecule has 1 atom stereocenters. The molecule has 0 N–H and O–H groups in total. The van der Waals surface area contributed by atoms with Crippen molar-refractivity contribution in [1.82, 2.24) is 4.98 Å².